The summed E-state index contributed by atoms with van der Waals surface area (Å²) in [5.74, 6) is 0. The number of rotatable bonds is 4. The van der Waals surface area contributed by atoms with Crippen LogP contribution in [0, 0.1) is 3.70 Å². The molecule has 1 heterocycles. The van der Waals surface area contributed by atoms with Gasteiger partial charge in [0.05, 0.1) is 5.52 Å². The molecule has 108 valence electrons. The van der Waals surface area contributed by atoms with Gasteiger partial charge in [-0.1, -0.05) is 30.0 Å². The second kappa shape index (κ2) is 6.35. The van der Waals surface area contributed by atoms with E-state index in [1.54, 1.807) is 18.8 Å². The molecule has 3 rings (SSSR count). The largest absolute Gasteiger partial charge is 0.374 e. The first-order valence-electron chi connectivity index (χ1n) is 6.45. The van der Waals surface area contributed by atoms with E-state index >= 15 is 0 Å². The van der Waals surface area contributed by atoms with Gasteiger partial charge in [0.25, 0.3) is 0 Å². The van der Waals surface area contributed by atoms with Crippen molar-refractivity contribution < 1.29 is 5.11 Å². The number of hydrogen-bond donors (Lipinski definition) is 3. The first-order chi connectivity index (χ1) is 10.2. The van der Waals surface area contributed by atoms with Crippen LogP contribution in [0.1, 0.15) is 11.8 Å². The van der Waals surface area contributed by atoms with Crippen LogP contribution in [-0.4, -0.2) is 22.4 Å². The number of benzene rings is 2. The minimum absolute atomic E-state index is 0.663. The number of halogens is 1. The zero-order valence-corrected chi connectivity index (χ0v) is 14.3. The normalized spacial score (nSPS) is 12.7. The minimum Gasteiger partial charge on any atom is -0.374 e. The minimum atomic E-state index is -0.663. The topological polar surface area (TPSA) is 60.9 Å². The summed E-state index contributed by atoms with van der Waals surface area (Å²) < 4.78 is 1.05. The van der Waals surface area contributed by atoms with Crippen LogP contribution in [0.5, 0.6) is 0 Å². The molecule has 0 bridgehead atoms. The molecule has 1 atom stereocenters. The van der Waals surface area contributed by atoms with Crippen LogP contribution in [0.4, 0.5) is 0 Å². The highest BCUT2D eigenvalue weighted by molar-refractivity contribution is 14.1. The van der Waals surface area contributed by atoms with Crippen molar-refractivity contribution in [1.82, 2.24) is 15.5 Å². The fourth-order valence-corrected chi connectivity index (χ4v) is 3.69. The zero-order valence-electron chi connectivity index (χ0n) is 11.3. The van der Waals surface area contributed by atoms with E-state index in [0.717, 1.165) is 30.0 Å². The van der Waals surface area contributed by atoms with Gasteiger partial charge in [0.15, 0.2) is 0 Å². The van der Waals surface area contributed by atoms with E-state index in [9.17, 15) is 5.11 Å². The van der Waals surface area contributed by atoms with Crippen LogP contribution in [0.25, 0.3) is 10.9 Å². The smallest absolute Gasteiger partial charge is 0.131 e. The number of aromatic amines is 1. The van der Waals surface area contributed by atoms with E-state index in [2.05, 4.69) is 56.3 Å². The summed E-state index contributed by atoms with van der Waals surface area (Å²) in [5, 5.41) is 21.3. The first-order valence-corrected chi connectivity index (χ1v) is 8.34. The first kappa shape index (κ1) is 14.8. The molecule has 1 unspecified atom stereocenters. The highest BCUT2D eigenvalue weighted by Gasteiger charge is 2.11. The van der Waals surface area contributed by atoms with Gasteiger partial charge in [0.1, 0.15) is 9.93 Å². The van der Waals surface area contributed by atoms with Crippen molar-refractivity contribution in [3.8, 4) is 0 Å². The van der Waals surface area contributed by atoms with Crippen LogP contribution in [0.3, 0.4) is 0 Å². The summed E-state index contributed by atoms with van der Waals surface area (Å²) in [6.45, 7) is 0. The predicted molar refractivity (Wildman–Crippen MR) is 93.4 cm³/mol. The quantitative estimate of drug-likeness (QED) is 0.454. The van der Waals surface area contributed by atoms with Gasteiger partial charge in [-0.15, -0.1) is 0 Å². The summed E-state index contributed by atoms with van der Waals surface area (Å²) in [5.41, 5.74) is 1.83. The van der Waals surface area contributed by atoms with Crippen molar-refractivity contribution in [3.05, 3.63) is 51.7 Å². The van der Waals surface area contributed by atoms with Crippen LogP contribution in [-0.2, 0) is 0 Å². The van der Waals surface area contributed by atoms with E-state index in [4.69, 9.17) is 0 Å². The van der Waals surface area contributed by atoms with Crippen molar-refractivity contribution in [2.75, 3.05) is 7.05 Å². The Labute approximate surface area is 140 Å². The van der Waals surface area contributed by atoms with Gasteiger partial charge >= 0.3 is 0 Å². The monoisotopic (exact) mass is 411 g/mol. The number of aromatic nitrogens is 2. The van der Waals surface area contributed by atoms with Gasteiger partial charge < -0.3 is 5.11 Å². The molecule has 0 fully saturated rings. The Balaban J connectivity index is 1.95. The number of nitrogens with zero attached hydrogens (tertiary/aromatic N) is 1. The molecule has 4 nitrogen and oxygen atoms in total. The SMILES string of the molecule is CNC(O)c1ccccc1Sc1ccc2c(I)[nH]nc2c1. The maximum atomic E-state index is 10.0. The molecule has 6 heteroatoms. The fourth-order valence-electron chi connectivity index (χ4n) is 2.10. The van der Waals surface area contributed by atoms with E-state index in [-0.39, 0.29) is 0 Å². The van der Waals surface area contributed by atoms with Crippen LogP contribution in [0.2, 0.25) is 0 Å². The number of fused-ring (bicyclic) bond motifs is 1. The van der Waals surface area contributed by atoms with Gasteiger partial charge in [0, 0.05) is 20.7 Å². The third kappa shape index (κ3) is 3.08. The Bertz CT molecular complexity index is 774. The maximum Gasteiger partial charge on any atom is 0.131 e. The van der Waals surface area contributed by atoms with E-state index in [0.29, 0.717) is 0 Å². The summed E-state index contributed by atoms with van der Waals surface area (Å²) >= 11 is 3.87. The van der Waals surface area contributed by atoms with Crippen molar-refractivity contribution >= 4 is 45.3 Å². The number of nitrogens with one attached hydrogen (secondary N) is 2. The molecule has 0 saturated carbocycles. The Morgan fingerprint density at radius 1 is 1.29 bits per heavy atom. The lowest BCUT2D eigenvalue weighted by Crippen LogP contribution is -2.15. The molecule has 0 aliphatic carbocycles. The van der Waals surface area contributed by atoms with Gasteiger partial charge in [-0.2, -0.15) is 5.10 Å². The van der Waals surface area contributed by atoms with E-state index < -0.39 is 6.23 Å². The molecule has 1 aromatic heterocycles. The standard InChI is InChI=1S/C15H14IN3OS/c1-17-15(20)11-4-2-3-5-13(11)21-9-6-7-10-12(8-9)18-19-14(10)16/h2-8,15,17,20H,1H3,(H,18,19). The highest BCUT2D eigenvalue weighted by atomic mass is 127. The second-order valence-corrected chi connectivity index (χ2v) is 6.74. The lowest BCUT2D eigenvalue weighted by atomic mass is 10.2. The van der Waals surface area contributed by atoms with Crippen LogP contribution < -0.4 is 5.32 Å². The molecule has 21 heavy (non-hydrogen) atoms. The average Bonchev–Trinajstić information content (AvgIpc) is 2.88. The lowest BCUT2D eigenvalue weighted by molar-refractivity contribution is 0.146. The average molecular weight is 411 g/mol. The molecule has 0 aliphatic heterocycles. The highest BCUT2D eigenvalue weighted by Crippen LogP contribution is 2.34. The molecule has 0 radical (unpaired) electrons. The van der Waals surface area contributed by atoms with E-state index in [1.165, 1.54) is 0 Å². The van der Waals surface area contributed by atoms with Gasteiger partial charge in [-0.05, 0) is 53.9 Å². The number of H-pyrrole nitrogens is 1. The fraction of sp³-hybridized carbons (Fsp3) is 0.133. The Morgan fingerprint density at radius 2 is 2.10 bits per heavy atom. The molecule has 0 amide bonds. The summed E-state index contributed by atoms with van der Waals surface area (Å²) in [4.78, 5) is 2.13. The predicted octanol–water partition coefficient (Wildman–Crippen LogP) is 3.53. The van der Waals surface area contributed by atoms with Crippen LogP contribution in [0.15, 0.2) is 52.3 Å². The third-order valence-electron chi connectivity index (χ3n) is 3.20. The maximum absolute atomic E-state index is 10.0. The van der Waals surface area contributed by atoms with Gasteiger partial charge in [-0.3, -0.25) is 10.4 Å². The molecule has 3 N–H and O–H groups in total. The summed E-state index contributed by atoms with van der Waals surface area (Å²) in [7, 11) is 1.74. The molecule has 0 aliphatic rings. The van der Waals surface area contributed by atoms with E-state index in [1.807, 2.05) is 24.3 Å². The zero-order chi connectivity index (χ0) is 14.8. The van der Waals surface area contributed by atoms with Crippen molar-refractivity contribution in [3.63, 3.8) is 0 Å². The van der Waals surface area contributed by atoms with Gasteiger partial charge in [-0.25, -0.2) is 0 Å². The van der Waals surface area contributed by atoms with Crippen molar-refractivity contribution in [2.45, 2.75) is 16.0 Å². The number of aliphatic hydroxyl groups is 1. The van der Waals surface area contributed by atoms with Crippen molar-refractivity contribution in [1.29, 1.82) is 0 Å². The third-order valence-corrected chi connectivity index (χ3v) is 5.10. The molecule has 2 aromatic carbocycles. The Hall–Kier alpha value is -1.09. The summed E-state index contributed by atoms with van der Waals surface area (Å²) in [6, 6.07) is 14.1. The van der Waals surface area contributed by atoms with Crippen LogP contribution >= 0.6 is 34.4 Å². The molecule has 3 aromatic rings. The molecular formula is C15H14IN3OS. The number of hydrogen-bond acceptors (Lipinski definition) is 4. The summed E-state index contributed by atoms with van der Waals surface area (Å²) in [6.07, 6.45) is -0.663. The van der Waals surface area contributed by atoms with Crippen molar-refractivity contribution in [2.24, 2.45) is 0 Å². The lowest BCUT2D eigenvalue weighted by Gasteiger charge is -2.14. The molecule has 0 saturated heterocycles. The number of aliphatic hydroxyl groups excluding tert-OH is 1. The second-order valence-electron chi connectivity index (χ2n) is 4.55. The Morgan fingerprint density at radius 3 is 2.90 bits per heavy atom. The van der Waals surface area contributed by atoms with Gasteiger partial charge in [0.2, 0.25) is 0 Å². The molecule has 0 spiro atoms. The Kier molecular flexibility index (Phi) is 4.48. The molecular weight excluding hydrogens is 397 g/mol.